The molecule has 1 saturated carbocycles. The van der Waals surface area contributed by atoms with Crippen LogP contribution in [0, 0.1) is 11.7 Å². The first-order chi connectivity index (χ1) is 17.2. The Balaban J connectivity index is 1.46. The number of alkyl halides is 3. The Morgan fingerprint density at radius 2 is 1.72 bits per heavy atom. The van der Waals surface area contributed by atoms with E-state index in [2.05, 4.69) is 4.72 Å². The number of aromatic carboxylic acids is 1. The van der Waals surface area contributed by atoms with Gasteiger partial charge in [-0.15, -0.1) is 0 Å². The van der Waals surface area contributed by atoms with Crippen LogP contribution in [0.15, 0.2) is 65.6 Å². The lowest BCUT2D eigenvalue weighted by atomic mass is 9.78. The molecule has 3 aromatic rings. The Morgan fingerprint density at radius 3 is 2.33 bits per heavy atom. The van der Waals surface area contributed by atoms with Crippen molar-refractivity contribution in [2.45, 2.75) is 42.7 Å². The fraction of sp³-hybridized carbons (Fsp3) is 0.296. The van der Waals surface area contributed by atoms with Gasteiger partial charge in [-0.1, -0.05) is 36.4 Å². The van der Waals surface area contributed by atoms with Crippen molar-refractivity contribution in [2.75, 3.05) is 11.8 Å². The normalized spacial score (nSPS) is 18.0. The molecule has 0 saturated heterocycles. The Kier molecular flexibility index (Phi) is 7.78. The number of rotatable bonds is 7. The number of halogens is 4. The average Bonchev–Trinajstić information content (AvgIpc) is 2.87. The number of anilines is 1. The summed E-state index contributed by atoms with van der Waals surface area (Å²) in [5.41, 5.74) is 2.63. The molecule has 9 heteroatoms. The first kappa shape index (κ1) is 25.9. The van der Waals surface area contributed by atoms with E-state index in [-0.39, 0.29) is 24.3 Å². The van der Waals surface area contributed by atoms with Crippen LogP contribution >= 0.6 is 11.9 Å². The smallest absolute Gasteiger partial charge is 0.391 e. The zero-order valence-corrected chi connectivity index (χ0v) is 20.3. The summed E-state index contributed by atoms with van der Waals surface area (Å²) in [5, 5.41) is 9.14. The van der Waals surface area contributed by atoms with Crippen molar-refractivity contribution in [3.05, 3.63) is 77.6 Å². The average molecular weight is 520 g/mol. The van der Waals surface area contributed by atoms with Crippen LogP contribution in [-0.4, -0.2) is 24.4 Å². The minimum absolute atomic E-state index is 0.0763. The molecule has 2 N–H and O–H groups in total. The van der Waals surface area contributed by atoms with Gasteiger partial charge >= 0.3 is 12.1 Å². The molecular weight excluding hydrogens is 494 g/mol. The van der Waals surface area contributed by atoms with Crippen LogP contribution in [0.1, 0.15) is 47.5 Å². The van der Waals surface area contributed by atoms with Crippen molar-refractivity contribution in [3.8, 4) is 16.9 Å². The standard InChI is InChI=1S/C27H25F4NO3S/c1-35-23-15-19(26(33)34)11-14-22(23)32-36-24-4-2-3-21(25(24)28)18-7-5-16(6-8-18)17-9-12-20(13-10-17)27(29,30)31/h2-8,11,14-15,17,20,32H,9-10,12-13H2,1H3,(H,33,34)/t17-,20+. The monoisotopic (exact) mass is 519 g/mol. The van der Waals surface area contributed by atoms with Gasteiger partial charge in [-0.3, -0.25) is 0 Å². The molecule has 0 unspecified atom stereocenters. The van der Waals surface area contributed by atoms with Gasteiger partial charge in [0.05, 0.1) is 29.2 Å². The molecule has 0 spiro atoms. The van der Waals surface area contributed by atoms with E-state index in [9.17, 15) is 18.0 Å². The molecule has 1 aliphatic carbocycles. The van der Waals surface area contributed by atoms with Crippen LogP contribution in [0.25, 0.3) is 11.1 Å². The van der Waals surface area contributed by atoms with Crippen molar-refractivity contribution in [1.29, 1.82) is 0 Å². The van der Waals surface area contributed by atoms with Crippen molar-refractivity contribution < 1.29 is 32.2 Å². The number of methoxy groups -OCH3 is 1. The van der Waals surface area contributed by atoms with Gasteiger partial charge in [0, 0.05) is 5.56 Å². The molecule has 4 rings (SSSR count). The fourth-order valence-corrected chi connectivity index (χ4v) is 5.25. The van der Waals surface area contributed by atoms with Crippen LogP contribution < -0.4 is 9.46 Å². The van der Waals surface area contributed by atoms with E-state index in [0.29, 0.717) is 40.3 Å². The van der Waals surface area contributed by atoms with Gasteiger partial charge in [0.2, 0.25) is 0 Å². The molecule has 4 nitrogen and oxygen atoms in total. The second-order valence-corrected chi connectivity index (χ2v) is 9.60. The van der Waals surface area contributed by atoms with Crippen molar-refractivity contribution in [2.24, 2.45) is 5.92 Å². The van der Waals surface area contributed by atoms with Crippen molar-refractivity contribution in [1.82, 2.24) is 0 Å². The van der Waals surface area contributed by atoms with E-state index < -0.39 is 23.9 Å². The minimum Gasteiger partial charge on any atom is -0.495 e. The lowest BCUT2D eigenvalue weighted by Crippen LogP contribution is -2.27. The van der Waals surface area contributed by atoms with E-state index in [1.54, 1.807) is 36.4 Å². The van der Waals surface area contributed by atoms with Gasteiger partial charge in [-0.05, 0) is 78.9 Å². The number of carboxylic acids is 1. The third kappa shape index (κ3) is 5.78. The molecule has 0 aliphatic heterocycles. The predicted octanol–water partition coefficient (Wildman–Crippen LogP) is 8.15. The second-order valence-electron chi connectivity index (χ2n) is 8.75. The van der Waals surface area contributed by atoms with E-state index in [4.69, 9.17) is 9.84 Å². The molecule has 0 amide bonds. The van der Waals surface area contributed by atoms with Gasteiger partial charge in [-0.2, -0.15) is 13.2 Å². The number of carboxylic acid groups (broad SMARTS) is 1. The zero-order valence-electron chi connectivity index (χ0n) is 19.4. The van der Waals surface area contributed by atoms with Crippen LogP contribution in [0.2, 0.25) is 0 Å². The van der Waals surface area contributed by atoms with Gasteiger partial charge in [0.1, 0.15) is 11.6 Å². The number of hydrogen-bond acceptors (Lipinski definition) is 4. The first-order valence-electron chi connectivity index (χ1n) is 11.5. The SMILES string of the molecule is COc1cc(C(=O)O)ccc1NSc1cccc(-c2ccc([C@H]3CC[C@@H](C(F)(F)F)CC3)cc2)c1F. The lowest BCUT2D eigenvalue weighted by molar-refractivity contribution is -0.182. The molecule has 1 aliphatic rings. The maximum Gasteiger partial charge on any atom is 0.391 e. The summed E-state index contributed by atoms with van der Waals surface area (Å²) in [4.78, 5) is 11.5. The number of hydrogen-bond donors (Lipinski definition) is 2. The first-order valence-corrected chi connectivity index (χ1v) is 12.3. The number of nitrogens with one attached hydrogen (secondary N) is 1. The van der Waals surface area contributed by atoms with Gasteiger partial charge in [0.15, 0.2) is 0 Å². The third-order valence-corrected chi connectivity index (χ3v) is 7.42. The highest BCUT2D eigenvalue weighted by atomic mass is 32.2. The molecule has 0 aromatic heterocycles. The van der Waals surface area contributed by atoms with Crippen molar-refractivity contribution >= 4 is 23.6 Å². The van der Waals surface area contributed by atoms with E-state index >= 15 is 4.39 Å². The van der Waals surface area contributed by atoms with E-state index in [1.807, 2.05) is 12.1 Å². The molecule has 0 radical (unpaired) electrons. The largest absolute Gasteiger partial charge is 0.495 e. The molecular formula is C27H25F4NO3S. The highest BCUT2D eigenvalue weighted by molar-refractivity contribution is 8.00. The van der Waals surface area contributed by atoms with Gasteiger partial charge in [0.25, 0.3) is 0 Å². The molecule has 3 aromatic carbocycles. The topological polar surface area (TPSA) is 58.6 Å². The lowest BCUT2D eigenvalue weighted by Gasteiger charge is -2.30. The van der Waals surface area contributed by atoms with Crippen LogP contribution in [-0.2, 0) is 0 Å². The quantitative estimate of drug-likeness (QED) is 0.244. The molecule has 36 heavy (non-hydrogen) atoms. The Bertz CT molecular complexity index is 1220. The molecule has 0 bridgehead atoms. The molecule has 1 fully saturated rings. The summed E-state index contributed by atoms with van der Waals surface area (Å²) in [7, 11) is 1.42. The third-order valence-electron chi connectivity index (χ3n) is 6.57. The van der Waals surface area contributed by atoms with Gasteiger partial charge < -0.3 is 14.6 Å². The molecule has 0 heterocycles. The summed E-state index contributed by atoms with van der Waals surface area (Å²) in [6.07, 6.45) is -2.86. The molecule has 0 atom stereocenters. The highest BCUT2D eigenvalue weighted by Crippen LogP contribution is 2.43. The minimum atomic E-state index is -4.13. The predicted molar refractivity (Wildman–Crippen MR) is 132 cm³/mol. The summed E-state index contributed by atoms with van der Waals surface area (Å²) in [6, 6.07) is 16.8. The maximum absolute atomic E-state index is 15.3. The Hall–Kier alpha value is -3.20. The van der Waals surface area contributed by atoms with Crippen LogP contribution in [0.3, 0.4) is 0 Å². The highest BCUT2D eigenvalue weighted by Gasteiger charge is 2.41. The van der Waals surface area contributed by atoms with E-state index in [0.717, 1.165) is 17.5 Å². The van der Waals surface area contributed by atoms with Crippen LogP contribution in [0.5, 0.6) is 5.75 Å². The number of carbonyl (C=O) groups is 1. The summed E-state index contributed by atoms with van der Waals surface area (Å²) >= 11 is 1.04. The number of benzene rings is 3. The Morgan fingerprint density at radius 1 is 1.03 bits per heavy atom. The second kappa shape index (κ2) is 10.8. The summed E-state index contributed by atoms with van der Waals surface area (Å²) < 4.78 is 62.4. The van der Waals surface area contributed by atoms with Crippen molar-refractivity contribution in [3.63, 3.8) is 0 Å². The Labute approximate surface area is 210 Å². The molecule has 190 valence electrons. The fourth-order valence-electron chi connectivity index (χ4n) is 4.52. The summed E-state index contributed by atoms with van der Waals surface area (Å²) in [5.74, 6) is -2.32. The van der Waals surface area contributed by atoms with Gasteiger partial charge in [-0.25, -0.2) is 9.18 Å². The number of ether oxygens (including phenoxy) is 1. The summed E-state index contributed by atoms with van der Waals surface area (Å²) in [6.45, 7) is 0. The zero-order chi connectivity index (χ0) is 25.9. The maximum atomic E-state index is 15.3. The van der Waals surface area contributed by atoms with Crippen LogP contribution in [0.4, 0.5) is 23.2 Å². The van der Waals surface area contributed by atoms with E-state index in [1.165, 1.54) is 19.2 Å².